The van der Waals surface area contributed by atoms with Crippen molar-refractivity contribution in [2.24, 2.45) is 0 Å². The molecular weight excluding hydrogens is 606 g/mol. The fraction of sp³-hybridized carbons (Fsp3) is 0.977. The molecule has 0 aromatic carbocycles. The number of nitrogens with one attached hydrogen (secondary N) is 1. The highest BCUT2D eigenvalue weighted by molar-refractivity contribution is 5.76. The lowest BCUT2D eigenvalue weighted by molar-refractivity contribution is -0.124. The van der Waals surface area contributed by atoms with Crippen LogP contribution in [-0.2, 0) is 4.79 Å². The molecule has 0 aliphatic rings. The van der Waals surface area contributed by atoms with Gasteiger partial charge in [0.2, 0.25) is 5.91 Å². The van der Waals surface area contributed by atoms with Crippen LogP contribution in [0.15, 0.2) is 0 Å². The van der Waals surface area contributed by atoms with Gasteiger partial charge in [-0.15, -0.1) is 0 Å². The molecule has 0 saturated carbocycles. The van der Waals surface area contributed by atoms with E-state index in [1.54, 1.807) is 0 Å². The normalized spacial score (nSPS) is 13.5. The molecule has 0 spiro atoms. The summed E-state index contributed by atoms with van der Waals surface area (Å²) in [6, 6.07) is -0.802. The molecule has 4 N–H and O–H groups in total. The number of hydrogen-bond donors (Lipinski definition) is 4. The molecule has 49 heavy (non-hydrogen) atoms. The fourth-order valence-electron chi connectivity index (χ4n) is 7.22. The first kappa shape index (κ1) is 48.3. The smallest absolute Gasteiger partial charge is 0.220 e. The second-order valence-corrected chi connectivity index (χ2v) is 15.6. The number of carbonyl (C=O) groups is 1. The summed E-state index contributed by atoms with van der Waals surface area (Å²) in [5.74, 6) is -0.141. The van der Waals surface area contributed by atoms with Crippen LogP contribution in [0.5, 0.6) is 0 Å². The predicted molar refractivity (Wildman–Crippen MR) is 213 cm³/mol. The number of rotatable bonds is 41. The van der Waals surface area contributed by atoms with Gasteiger partial charge in [-0.3, -0.25) is 4.79 Å². The van der Waals surface area contributed by atoms with Gasteiger partial charge in [0.1, 0.15) is 6.10 Å². The third-order valence-electron chi connectivity index (χ3n) is 10.7. The second kappa shape index (κ2) is 40.1. The maximum Gasteiger partial charge on any atom is 0.220 e. The Hall–Kier alpha value is -0.650. The quantitative estimate of drug-likeness (QED) is 0.0479. The topological polar surface area (TPSA) is 89.8 Å². The maximum absolute atomic E-state index is 12.4. The first-order valence-electron chi connectivity index (χ1n) is 22.3. The van der Waals surface area contributed by atoms with Gasteiger partial charge < -0.3 is 20.6 Å². The van der Waals surface area contributed by atoms with Crippen molar-refractivity contribution in [2.75, 3.05) is 6.61 Å². The van der Waals surface area contributed by atoms with Crippen molar-refractivity contribution in [3.63, 3.8) is 0 Å². The van der Waals surface area contributed by atoms with E-state index in [1.165, 1.54) is 193 Å². The molecule has 294 valence electrons. The number of unbranched alkanes of at least 4 members (excludes halogenated alkanes) is 33. The summed E-state index contributed by atoms with van der Waals surface area (Å²) < 4.78 is 0. The van der Waals surface area contributed by atoms with Crippen LogP contribution >= 0.6 is 0 Å². The van der Waals surface area contributed by atoms with Crippen LogP contribution in [0.2, 0.25) is 0 Å². The third kappa shape index (κ3) is 35.5. The Kier molecular flexibility index (Phi) is 39.6. The fourth-order valence-corrected chi connectivity index (χ4v) is 7.22. The first-order valence-corrected chi connectivity index (χ1v) is 22.3. The lowest BCUT2D eigenvalue weighted by Gasteiger charge is -2.26. The molecule has 0 aliphatic heterocycles. The Labute approximate surface area is 307 Å². The van der Waals surface area contributed by atoms with Crippen LogP contribution in [0.3, 0.4) is 0 Å². The van der Waals surface area contributed by atoms with E-state index in [-0.39, 0.29) is 12.5 Å². The molecule has 1 amide bonds. The van der Waals surface area contributed by atoms with E-state index in [0.717, 1.165) is 32.1 Å². The molecule has 0 aromatic rings. The van der Waals surface area contributed by atoms with Crippen LogP contribution in [-0.4, -0.2) is 46.1 Å². The number of carbonyl (C=O) groups excluding carboxylic acids is 1. The van der Waals surface area contributed by atoms with E-state index in [0.29, 0.717) is 12.8 Å². The first-order chi connectivity index (χ1) is 24.1. The van der Waals surface area contributed by atoms with E-state index in [9.17, 15) is 20.1 Å². The van der Waals surface area contributed by atoms with E-state index in [2.05, 4.69) is 19.2 Å². The van der Waals surface area contributed by atoms with Crippen LogP contribution in [0, 0.1) is 0 Å². The van der Waals surface area contributed by atoms with Crippen molar-refractivity contribution >= 4 is 5.91 Å². The Morgan fingerprint density at radius 3 is 0.980 bits per heavy atom. The van der Waals surface area contributed by atoms with Crippen LogP contribution in [0.4, 0.5) is 0 Å². The van der Waals surface area contributed by atoms with Crippen molar-refractivity contribution in [3.05, 3.63) is 0 Å². The van der Waals surface area contributed by atoms with E-state index < -0.39 is 18.2 Å². The Bertz CT molecular complexity index is 644. The molecule has 5 nitrogen and oxygen atoms in total. The highest BCUT2D eigenvalue weighted by Crippen LogP contribution is 2.17. The van der Waals surface area contributed by atoms with Gasteiger partial charge in [0.05, 0.1) is 18.8 Å². The number of amides is 1. The van der Waals surface area contributed by atoms with Crippen molar-refractivity contribution in [2.45, 2.75) is 270 Å². The summed E-state index contributed by atoms with van der Waals surface area (Å²) in [5.41, 5.74) is 0. The van der Waals surface area contributed by atoms with Gasteiger partial charge in [-0.1, -0.05) is 232 Å². The third-order valence-corrected chi connectivity index (χ3v) is 10.7. The van der Waals surface area contributed by atoms with Crippen molar-refractivity contribution in [1.29, 1.82) is 0 Å². The number of aliphatic hydroxyl groups excluding tert-OH is 3. The summed E-state index contributed by atoms with van der Waals surface area (Å²) in [7, 11) is 0. The zero-order chi connectivity index (χ0) is 35.9. The Morgan fingerprint density at radius 1 is 0.429 bits per heavy atom. The van der Waals surface area contributed by atoms with Crippen molar-refractivity contribution in [1.82, 2.24) is 5.32 Å². The standard InChI is InChI=1S/C44H89NO4/c1-3-5-7-9-11-13-15-17-18-19-20-21-22-23-24-25-27-28-30-32-34-36-38-42(47)44(49)41(40-46)45-43(48)39-37-35-33-31-29-26-16-14-12-10-8-6-4-2/h41-42,44,46-47,49H,3-40H2,1-2H3,(H,45,48)/t41?,42?,44-/m0/s1. The summed E-state index contributed by atoms with van der Waals surface area (Å²) in [6.45, 7) is 4.19. The number of hydrogen-bond acceptors (Lipinski definition) is 4. The van der Waals surface area contributed by atoms with Gasteiger partial charge in [-0.25, -0.2) is 0 Å². The molecule has 0 rings (SSSR count). The van der Waals surface area contributed by atoms with Crippen LogP contribution in [0.25, 0.3) is 0 Å². The minimum Gasteiger partial charge on any atom is -0.394 e. The SMILES string of the molecule is CCCCCCCCCCCCCCCCCCCCCCCCC(O)[C@@H](O)C(CO)NC(=O)CCCCCCCCCCCCCCC. The predicted octanol–water partition coefficient (Wildman–Crippen LogP) is 12.7. The lowest BCUT2D eigenvalue weighted by atomic mass is 9.99. The zero-order valence-corrected chi connectivity index (χ0v) is 33.4. The molecule has 0 bridgehead atoms. The minimum atomic E-state index is -1.13. The van der Waals surface area contributed by atoms with Gasteiger partial charge in [0.15, 0.2) is 0 Å². The van der Waals surface area contributed by atoms with Crippen molar-refractivity contribution in [3.8, 4) is 0 Å². The molecule has 0 radical (unpaired) electrons. The summed E-state index contributed by atoms with van der Waals surface area (Å²) >= 11 is 0. The molecule has 3 atom stereocenters. The van der Waals surface area contributed by atoms with Gasteiger partial charge in [0, 0.05) is 6.42 Å². The molecule has 2 unspecified atom stereocenters. The molecule has 0 fully saturated rings. The Morgan fingerprint density at radius 2 is 0.694 bits per heavy atom. The summed E-state index contributed by atoms with van der Waals surface area (Å²) in [6.07, 6.45) is 45.0. The minimum absolute atomic E-state index is 0.141. The average molecular weight is 696 g/mol. The molecular formula is C44H89NO4. The number of aliphatic hydroxyl groups is 3. The lowest BCUT2D eigenvalue weighted by Crippen LogP contribution is -2.50. The van der Waals surface area contributed by atoms with Gasteiger partial charge >= 0.3 is 0 Å². The Balaban J connectivity index is 3.55. The zero-order valence-electron chi connectivity index (χ0n) is 33.4. The van der Waals surface area contributed by atoms with E-state index in [4.69, 9.17) is 0 Å². The van der Waals surface area contributed by atoms with Crippen LogP contribution < -0.4 is 5.32 Å². The maximum atomic E-state index is 12.4. The summed E-state index contributed by atoms with van der Waals surface area (Å²) in [4.78, 5) is 12.4. The summed E-state index contributed by atoms with van der Waals surface area (Å²) in [5, 5.41) is 33.5. The largest absolute Gasteiger partial charge is 0.394 e. The highest BCUT2D eigenvalue weighted by atomic mass is 16.3. The van der Waals surface area contributed by atoms with Gasteiger partial charge in [0.25, 0.3) is 0 Å². The van der Waals surface area contributed by atoms with E-state index in [1.807, 2.05) is 0 Å². The molecule has 0 heterocycles. The monoisotopic (exact) mass is 696 g/mol. The van der Waals surface area contributed by atoms with Crippen molar-refractivity contribution < 1.29 is 20.1 Å². The van der Waals surface area contributed by atoms with Crippen LogP contribution in [0.1, 0.15) is 251 Å². The highest BCUT2D eigenvalue weighted by Gasteiger charge is 2.26. The van der Waals surface area contributed by atoms with E-state index >= 15 is 0 Å². The molecule has 0 aromatic heterocycles. The van der Waals surface area contributed by atoms with Gasteiger partial charge in [-0.2, -0.15) is 0 Å². The van der Waals surface area contributed by atoms with Gasteiger partial charge in [-0.05, 0) is 12.8 Å². The second-order valence-electron chi connectivity index (χ2n) is 15.6. The molecule has 5 heteroatoms. The molecule has 0 saturated heterocycles. The molecule has 0 aliphatic carbocycles. The average Bonchev–Trinajstić information content (AvgIpc) is 3.10.